The van der Waals surface area contributed by atoms with Gasteiger partial charge in [-0.3, -0.25) is 14.4 Å². The van der Waals surface area contributed by atoms with Gasteiger partial charge in [-0.1, -0.05) is 30.3 Å². The Morgan fingerprint density at radius 3 is 2.62 bits per heavy atom. The zero-order valence-electron chi connectivity index (χ0n) is 15.1. The van der Waals surface area contributed by atoms with Crippen LogP contribution < -0.4 is 10.9 Å². The Kier molecular flexibility index (Phi) is 5.21. The summed E-state index contributed by atoms with van der Waals surface area (Å²) >= 11 is 0. The Morgan fingerprint density at radius 1 is 1.15 bits per heavy atom. The molecule has 3 rings (SSSR count). The molecular formula is C20H23N3O3. The Labute approximate surface area is 152 Å². The summed E-state index contributed by atoms with van der Waals surface area (Å²) < 4.78 is 1.58. The molecule has 1 unspecified atom stereocenters. The van der Waals surface area contributed by atoms with Gasteiger partial charge in [0.2, 0.25) is 5.91 Å². The lowest BCUT2D eigenvalue weighted by Crippen LogP contribution is -2.41. The fraction of sp³-hybridized carbons (Fsp3) is 0.350. The van der Waals surface area contributed by atoms with E-state index in [0.29, 0.717) is 25.1 Å². The summed E-state index contributed by atoms with van der Waals surface area (Å²) in [7, 11) is 0. The van der Waals surface area contributed by atoms with E-state index in [1.54, 1.807) is 23.8 Å². The lowest BCUT2D eigenvalue weighted by atomic mass is 10.1. The third-order valence-electron chi connectivity index (χ3n) is 4.79. The second-order valence-electron chi connectivity index (χ2n) is 6.60. The van der Waals surface area contributed by atoms with Crippen LogP contribution in [-0.4, -0.2) is 40.9 Å². The van der Waals surface area contributed by atoms with Gasteiger partial charge in [-0.05, 0) is 37.5 Å². The minimum atomic E-state index is -0.376. The maximum atomic E-state index is 13.1. The number of aromatic nitrogens is 1. The summed E-state index contributed by atoms with van der Waals surface area (Å²) in [5, 5.41) is 2.75. The van der Waals surface area contributed by atoms with Crippen LogP contribution in [0.5, 0.6) is 0 Å². The number of nitrogens with zero attached hydrogens (tertiary/aromatic N) is 2. The molecule has 1 aliphatic heterocycles. The fourth-order valence-electron chi connectivity index (χ4n) is 3.24. The molecule has 0 spiro atoms. The highest BCUT2D eigenvalue weighted by Crippen LogP contribution is 2.17. The van der Waals surface area contributed by atoms with Crippen LogP contribution in [0.1, 0.15) is 40.9 Å². The van der Waals surface area contributed by atoms with Crippen molar-refractivity contribution >= 4 is 11.8 Å². The minimum Gasteiger partial charge on any atom is -0.354 e. The van der Waals surface area contributed by atoms with Crippen molar-refractivity contribution in [1.29, 1.82) is 0 Å². The number of rotatable bonds is 3. The molecule has 2 amide bonds. The fourth-order valence-corrected chi connectivity index (χ4v) is 3.24. The molecule has 26 heavy (non-hydrogen) atoms. The number of carbonyl (C=O) groups excluding carboxylic acids is 2. The van der Waals surface area contributed by atoms with Gasteiger partial charge in [0.25, 0.3) is 11.5 Å². The van der Waals surface area contributed by atoms with Gasteiger partial charge in [-0.15, -0.1) is 0 Å². The van der Waals surface area contributed by atoms with Crippen LogP contribution in [-0.2, 0) is 4.79 Å². The zero-order valence-corrected chi connectivity index (χ0v) is 15.1. The summed E-state index contributed by atoms with van der Waals surface area (Å²) in [4.78, 5) is 39.3. The van der Waals surface area contributed by atoms with E-state index in [1.165, 1.54) is 4.90 Å². The first kappa shape index (κ1) is 17.9. The van der Waals surface area contributed by atoms with Gasteiger partial charge in [0.05, 0.1) is 12.6 Å². The summed E-state index contributed by atoms with van der Waals surface area (Å²) in [6.45, 7) is 4.68. The van der Waals surface area contributed by atoms with Crippen molar-refractivity contribution in [3.63, 3.8) is 0 Å². The van der Waals surface area contributed by atoms with Gasteiger partial charge in [-0.2, -0.15) is 0 Å². The highest BCUT2D eigenvalue weighted by Gasteiger charge is 2.26. The van der Waals surface area contributed by atoms with Gasteiger partial charge in [0.15, 0.2) is 0 Å². The smallest absolute Gasteiger partial charge is 0.264 e. The number of aryl methyl sites for hydroxylation is 1. The van der Waals surface area contributed by atoms with Crippen molar-refractivity contribution < 1.29 is 9.59 Å². The number of hydrogen-bond donors (Lipinski definition) is 1. The maximum absolute atomic E-state index is 13.1. The number of amides is 2. The number of benzene rings is 1. The Morgan fingerprint density at radius 2 is 1.88 bits per heavy atom. The highest BCUT2D eigenvalue weighted by atomic mass is 16.2. The Bertz CT molecular complexity index is 874. The third kappa shape index (κ3) is 3.54. The lowest BCUT2D eigenvalue weighted by molar-refractivity contribution is -0.121. The summed E-state index contributed by atoms with van der Waals surface area (Å²) in [6, 6.07) is 11.3. The predicted octanol–water partition coefficient (Wildman–Crippen LogP) is 1.73. The topological polar surface area (TPSA) is 71.4 Å². The Balaban J connectivity index is 1.98. The van der Waals surface area contributed by atoms with Crippen molar-refractivity contribution in [2.24, 2.45) is 0 Å². The van der Waals surface area contributed by atoms with Crippen LogP contribution in [0.25, 0.3) is 0 Å². The highest BCUT2D eigenvalue weighted by molar-refractivity contribution is 5.97. The van der Waals surface area contributed by atoms with Crippen LogP contribution in [0.2, 0.25) is 0 Å². The van der Waals surface area contributed by atoms with E-state index in [2.05, 4.69) is 5.32 Å². The quantitative estimate of drug-likeness (QED) is 0.913. The van der Waals surface area contributed by atoms with Gasteiger partial charge in [-0.25, -0.2) is 0 Å². The molecule has 2 heterocycles. The first-order valence-corrected chi connectivity index (χ1v) is 8.81. The molecule has 0 aliphatic carbocycles. The van der Waals surface area contributed by atoms with Crippen molar-refractivity contribution in [1.82, 2.24) is 14.8 Å². The predicted molar refractivity (Wildman–Crippen MR) is 99.2 cm³/mol. The number of pyridine rings is 1. The van der Waals surface area contributed by atoms with E-state index in [1.807, 2.05) is 37.3 Å². The summed E-state index contributed by atoms with van der Waals surface area (Å²) in [6.07, 6.45) is 2.40. The molecule has 1 saturated heterocycles. The molecule has 1 aromatic carbocycles. The molecule has 2 aromatic rings. The van der Waals surface area contributed by atoms with E-state index in [0.717, 1.165) is 5.56 Å². The van der Waals surface area contributed by atoms with Crippen LogP contribution in [0, 0.1) is 6.92 Å². The molecular weight excluding hydrogens is 330 g/mol. The molecule has 6 heteroatoms. The maximum Gasteiger partial charge on any atom is 0.264 e. The molecule has 1 N–H and O–H groups in total. The first-order chi connectivity index (χ1) is 12.5. The summed E-state index contributed by atoms with van der Waals surface area (Å²) in [5.74, 6) is -0.568. The van der Waals surface area contributed by atoms with E-state index in [-0.39, 0.29) is 35.5 Å². The van der Waals surface area contributed by atoms with Crippen molar-refractivity contribution in [3.8, 4) is 0 Å². The molecule has 6 nitrogen and oxygen atoms in total. The lowest BCUT2D eigenvalue weighted by Gasteiger charge is -2.22. The molecule has 0 saturated carbocycles. The van der Waals surface area contributed by atoms with E-state index in [9.17, 15) is 14.4 Å². The molecule has 1 aromatic heterocycles. The van der Waals surface area contributed by atoms with Crippen LogP contribution in [0.3, 0.4) is 0 Å². The monoisotopic (exact) mass is 353 g/mol. The largest absolute Gasteiger partial charge is 0.354 e. The van der Waals surface area contributed by atoms with Gasteiger partial charge in [0, 0.05) is 19.3 Å². The van der Waals surface area contributed by atoms with Gasteiger partial charge >= 0.3 is 0 Å². The molecule has 136 valence electrons. The van der Waals surface area contributed by atoms with Gasteiger partial charge < -0.3 is 14.8 Å². The average molecular weight is 353 g/mol. The van der Waals surface area contributed by atoms with Crippen molar-refractivity contribution in [2.45, 2.75) is 26.3 Å². The Hall–Kier alpha value is -2.89. The average Bonchev–Trinajstić information content (AvgIpc) is 2.86. The number of hydrogen-bond acceptors (Lipinski definition) is 3. The van der Waals surface area contributed by atoms with Crippen LogP contribution in [0.15, 0.2) is 47.4 Å². The van der Waals surface area contributed by atoms with Crippen LogP contribution in [0.4, 0.5) is 0 Å². The minimum absolute atomic E-state index is 0.0130. The molecule has 0 bridgehead atoms. The zero-order chi connectivity index (χ0) is 18.7. The standard InChI is InChI=1S/C20H23N3O3/c1-14-9-12-23(15(2)16-7-4-3-5-8-16)20(26)18(14)19(25)22-11-6-10-21-17(24)13-22/h3-5,7-9,12,15H,6,10-11,13H2,1-2H3,(H,21,24). The first-order valence-electron chi connectivity index (χ1n) is 8.81. The van der Waals surface area contributed by atoms with E-state index >= 15 is 0 Å². The second kappa shape index (κ2) is 7.56. The number of carbonyl (C=O) groups is 2. The van der Waals surface area contributed by atoms with Crippen molar-refractivity contribution in [2.75, 3.05) is 19.6 Å². The van der Waals surface area contributed by atoms with Crippen molar-refractivity contribution in [3.05, 3.63) is 69.6 Å². The normalized spacial score (nSPS) is 15.9. The SMILES string of the molecule is Cc1ccn(C(C)c2ccccc2)c(=O)c1C(=O)N1CCCNC(=O)C1. The molecule has 0 radical (unpaired) electrons. The molecule has 1 aliphatic rings. The van der Waals surface area contributed by atoms with Crippen LogP contribution >= 0.6 is 0 Å². The molecule has 1 atom stereocenters. The van der Waals surface area contributed by atoms with Gasteiger partial charge in [0.1, 0.15) is 5.56 Å². The van der Waals surface area contributed by atoms with E-state index < -0.39 is 0 Å². The molecule has 1 fully saturated rings. The third-order valence-corrected chi connectivity index (χ3v) is 4.79. The second-order valence-corrected chi connectivity index (χ2v) is 6.60. The number of nitrogens with one attached hydrogen (secondary N) is 1. The summed E-state index contributed by atoms with van der Waals surface area (Å²) in [5.41, 5.74) is 1.44. The van der Waals surface area contributed by atoms with E-state index in [4.69, 9.17) is 0 Å².